The Hall–Kier alpha value is -0.0813. The molecule has 0 fully saturated rings. The van der Waals surface area contributed by atoms with Crippen LogP contribution in [0.1, 0.15) is 104 Å². The Morgan fingerprint density at radius 3 is 1.26 bits per heavy atom. The van der Waals surface area contributed by atoms with Crippen LogP contribution in [0.3, 0.4) is 0 Å². The van der Waals surface area contributed by atoms with Crippen molar-refractivity contribution < 1.29 is 0 Å². The molecule has 0 heterocycles. The first-order valence-electron chi connectivity index (χ1n) is 10.1. The molecular weight excluding hydrogens is 383 g/mol. The summed E-state index contributed by atoms with van der Waals surface area (Å²) in [4.78, 5) is 4.72. The van der Waals surface area contributed by atoms with Crippen LogP contribution in [0.2, 0.25) is 9.88 Å². The zero-order valence-electron chi connectivity index (χ0n) is 16.4. The van der Waals surface area contributed by atoms with Gasteiger partial charge in [0.05, 0.1) is 0 Å². The van der Waals surface area contributed by atoms with Crippen LogP contribution < -0.4 is 0 Å². The minimum atomic E-state index is -2.33. The SMILES string of the molecule is CCCCCCCCC#[C][Sn]([CH3])([CH3])[C]#CCCCCCCCC. The summed E-state index contributed by atoms with van der Waals surface area (Å²) in [6, 6.07) is 0. The molecule has 0 saturated heterocycles. The fourth-order valence-electron chi connectivity index (χ4n) is 2.59. The molecule has 0 spiro atoms. The Kier molecular flexibility index (Phi) is 16.7. The molecule has 0 nitrogen and oxygen atoms in total. The summed E-state index contributed by atoms with van der Waals surface area (Å²) in [7, 11) is 0. The third-order valence-electron chi connectivity index (χ3n) is 4.11. The Bertz CT molecular complexity index is 336. The van der Waals surface area contributed by atoms with Crippen molar-refractivity contribution in [3.05, 3.63) is 0 Å². The number of hydrogen-bond acceptors (Lipinski definition) is 0. The Labute approximate surface area is 151 Å². The normalized spacial score (nSPS) is 10.6. The topological polar surface area (TPSA) is 0 Å². The standard InChI is InChI=1S/2C10H17.2CH3.Sn/c2*1-3-5-7-9-10-8-6-4-2;;;/h2*3,5-10H2,1H3;2*1H3;. The van der Waals surface area contributed by atoms with Gasteiger partial charge < -0.3 is 0 Å². The zero-order chi connectivity index (χ0) is 17.2. The van der Waals surface area contributed by atoms with Crippen LogP contribution >= 0.6 is 0 Å². The first-order chi connectivity index (χ1) is 11.1. The van der Waals surface area contributed by atoms with Gasteiger partial charge in [-0.15, -0.1) is 0 Å². The van der Waals surface area contributed by atoms with E-state index in [9.17, 15) is 0 Å². The quantitative estimate of drug-likeness (QED) is 0.176. The molecule has 0 radical (unpaired) electrons. The summed E-state index contributed by atoms with van der Waals surface area (Å²) in [5.41, 5.74) is 0. The van der Waals surface area contributed by atoms with Gasteiger partial charge in [0.25, 0.3) is 0 Å². The molecule has 0 aliphatic heterocycles. The van der Waals surface area contributed by atoms with Gasteiger partial charge in [-0.2, -0.15) is 0 Å². The van der Waals surface area contributed by atoms with Gasteiger partial charge in [0.15, 0.2) is 0 Å². The van der Waals surface area contributed by atoms with Gasteiger partial charge in [-0.1, -0.05) is 0 Å². The molecule has 0 amide bonds. The fourth-order valence-corrected chi connectivity index (χ4v) is 6.00. The average Bonchev–Trinajstić information content (AvgIpc) is 2.52. The molecular formula is C22H40Sn. The van der Waals surface area contributed by atoms with Gasteiger partial charge in [-0.05, 0) is 0 Å². The van der Waals surface area contributed by atoms with E-state index in [1.165, 1.54) is 77.0 Å². The van der Waals surface area contributed by atoms with Crippen molar-refractivity contribution in [2.75, 3.05) is 0 Å². The van der Waals surface area contributed by atoms with E-state index in [1.807, 2.05) is 0 Å². The van der Waals surface area contributed by atoms with Gasteiger partial charge in [0.1, 0.15) is 0 Å². The molecule has 0 aliphatic carbocycles. The minimum absolute atomic E-state index is 1.09. The summed E-state index contributed by atoms with van der Waals surface area (Å²) in [6.07, 6.45) is 18.5. The van der Waals surface area contributed by atoms with Gasteiger partial charge in [-0.25, -0.2) is 0 Å². The summed E-state index contributed by atoms with van der Waals surface area (Å²) < 4.78 is 7.13. The molecule has 0 unspecified atom stereocenters. The van der Waals surface area contributed by atoms with Crippen molar-refractivity contribution in [1.82, 2.24) is 0 Å². The summed E-state index contributed by atoms with van der Waals surface area (Å²) in [5.74, 6) is 6.87. The molecule has 23 heavy (non-hydrogen) atoms. The van der Waals surface area contributed by atoms with Crippen LogP contribution in [-0.4, -0.2) is 18.4 Å². The van der Waals surface area contributed by atoms with Crippen LogP contribution in [0, 0.1) is 19.7 Å². The number of hydrogen-bond donors (Lipinski definition) is 0. The molecule has 0 aromatic heterocycles. The molecule has 1 heteroatoms. The summed E-state index contributed by atoms with van der Waals surface area (Å²) >= 11 is -2.33. The fraction of sp³-hybridized carbons (Fsp3) is 0.818. The van der Waals surface area contributed by atoms with Gasteiger partial charge in [0, 0.05) is 0 Å². The van der Waals surface area contributed by atoms with Crippen LogP contribution in [0.5, 0.6) is 0 Å². The van der Waals surface area contributed by atoms with Crippen molar-refractivity contribution in [3.8, 4) is 19.7 Å². The molecule has 0 saturated carbocycles. The Balaban J connectivity index is 3.71. The molecule has 0 atom stereocenters. The maximum absolute atomic E-state index is 3.57. The van der Waals surface area contributed by atoms with E-state index < -0.39 is 18.4 Å². The molecule has 0 rings (SSSR count). The van der Waals surface area contributed by atoms with E-state index in [2.05, 4.69) is 43.4 Å². The zero-order valence-corrected chi connectivity index (χ0v) is 19.3. The molecule has 0 N–H and O–H groups in total. The molecule has 132 valence electrons. The third-order valence-corrected chi connectivity index (χ3v) is 8.69. The van der Waals surface area contributed by atoms with E-state index in [-0.39, 0.29) is 0 Å². The molecule has 0 aromatic carbocycles. The van der Waals surface area contributed by atoms with Crippen LogP contribution in [-0.2, 0) is 0 Å². The predicted octanol–water partition coefficient (Wildman–Crippen LogP) is 7.28. The average molecular weight is 423 g/mol. The predicted molar refractivity (Wildman–Crippen MR) is 109 cm³/mol. The van der Waals surface area contributed by atoms with Gasteiger partial charge in [0.2, 0.25) is 0 Å². The van der Waals surface area contributed by atoms with Crippen LogP contribution in [0.15, 0.2) is 0 Å². The van der Waals surface area contributed by atoms with Crippen molar-refractivity contribution >= 4 is 18.4 Å². The van der Waals surface area contributed by atoms with E-state index in [1.54, 1.807) is 0 Å². The number of unbranched alkanes of at least 4 members (excludes halogenated alkanes) is 12. The van der Waals surface area contributed by atoms with Crippen molar-refractivity contribution in [2.24, 2.45) is 0 Å². The molecule has 0 aromatic rings. The van der Waals surface area contributed by atoms with E-state index in [0.717, 1.165) is 12.8 Å². The first kappa shape index (κ1) is 22.9. The van der Waals surface area contributed by atoms with E-state index in [4.69, 9.17) is 0 Å². The molecule has 0 bridgehead atoms. The van der Waals surface area contributed by atoms with Crippen LogP contribution in [0.25, 0.3) is 0 Å². The second-order valence-corrected chi connectivity index (χ2v) is 18.0. The maximum atomic E-state index is 3.57. The monoisotopic (exact) mass is 424 g/mol. The second kappa shape index (κ2) is 16.8. The third kappa shape index (κ3) is 18.1. The Morgan fingerprint density at radius 1 is 0.522 bits per heavy atom. The van der Waals surface area contributed by atoms with E-state index >= 15 is 0 Å². The van der Waals surface area contributed by atoms with Crippen molar-refractivity contribution in [2.45, 2.75) is 114 Å². The van der Waals surface area contributed by atoms with E-state index in [0.29, 0.717) is 0 Å². The Morgan fingerprint density at radius 2 is 0.870 bits per heavy atom. The first-order valence-corrected chi connectivity index (χ1v) is 18.7. The van der Waals surface area contributed by atoms with Gasteiger partial charge in [-0.3, -0.25) is 0 Å². The van der Waals surface area contributed by atoms with Crippen molar-refractivity contribution in [1.29, 1.82) is 0 Å². The molecule has 0 aliphatic rings. The summed E-state index contributed by atoms with van der Waals surface area (Å²) in [5, 5.41) is 0. The second-order valence-electron chi connectivity index (χ2n) is 7.26. The van der Waals surface area contributed by atoms with Gasteiger partial charge >= 0.3 is 152 Å². The summed E-state index contributed by atoms with van der Waals surface area (Å²) in [6.45, 7) is 4.54. The van der Waals surface area contributed by atoms with Crippen molar-refractivity contribution in [3.63, 3.8) is 0 Å². The number of rotatable bonds is 12. The van der Waals surface area contributed by atoms with Crippen LogP contribution in [0.4, 0.5) is 0 Å².